The van der Waals surface area contributed by atoms with Crippen LogP contribution in [-0.2, 0) is 0 Å². The summed E-state index contributed by atoms with van der Waals surface area (Å²) in [6.45, 7) is 3.57. The molecule has 0 saturated carbocycles. The van der Waals surface area contributed by atoms with Gasteiger partial charge in [-0.25, -0.2) is 9.18 Å². The van der Waals surface area contributed by atoms with E-state index in [1.807, 2.05) is 18.2 Å². The van der Waals surface area contributed by atoms with E-state index < -0.39 is 5.82 Å². The number of anilines is 1. The molecule has 7 heteroatoms. The molecule has 0 bridgehead atoms. The Morgan fingerprint density at radius 2 is 1.85 bits per heavy atom. The Morgan fingerprint density at radius 3 is 2.54 bits per heavy atom. The maximum atomic E-state index is 13.0. The predicted molar refractivity (Wildman–Crippen MR) is 101 cm³/mol. The number of para-hydroxylation sites is 1. The summed E-state index contributed by atoms with van der Waals surface area (Å²) in [6.07, 6.45) is 0. The van der Waals surface area contributed by atoms with Crippen LogP contribution in [0.15, 0.2) is 48.5 Å². The van der Waals surface area contributed by atoms with Gasteiger partial charge in [-0.2, -0.15) is 0 Å². The maximum Gasteiger partial charge on any atom is 0.317 e. The van der Waals surface area contributed by atoms with E-state index in [0.29, 0.717) is 25.4 Å². The van der Waals surface area contributed by atoms with Gasteiger partial charge in [0.05, 0.1) is 11.6 Å². The molecule has 138 valence electrons. The normalized spacial score (nSPS) is 14.2. The molecule has 2 aromatic carbocycles. The van der Waals surface area contributed by atoms with Gasteiger partial charge < -0.3 is 19.9 Å². The first-order valence-electron chi connectivity index (χ1n) is 8.54. The van der Waals surface area contributed by atoms with Crippen LogP contribution in [0.2, 0.25) is 5.02 Å². The highest BCUT2D eigenvalue weighted by Gasteiger charge is 2.20. The first-order chi connectivity index (χ1) is 12.6. The molecule has 2 amide bonds. The van der Waals surface area contributed by atoms with Gasteiger partial charge in [0.2, 0.25) is 0 Å². The molecule has 2 aromatic rings. The molecule has 26 heavy (non-hydrogen) atoms. The molecule has 1 fully saturated rings. The Bertz CT molecular complexity index is 737. The van der Waals surface area contributed by atoms with Gasteiger partial charge in [0.25, 0.3) is 0 Å². The van der Waals surface area contributed by atoms with Crippen LogP contribution in [0, 0.1) is 5.82 Å². The number of carbonyl (C=O) groups is 1. The molecule has 5 nitrogen and oxygen atoms in total. The third-order valence-corrected chi connectivity index (χ3v) is 4.51. The summed E-state index contributed by atoms with van der Waals surface area (Å²) in [5, 5.41) is 3.05. The number of carbonyl (C=O) groups excluding carboxylic acids is 1. The number of nitrogens with zero attached hydrogens (tertiary/aromatic N) is 2. The Kier molecular flexibility index (Phi) is 6.17. The van der Waals surface area contributed by atoms with Crippen molar-refractivity contribution < 1.29 is 13.9 Å². The molecular formula is C19H21ClFN3O2. The van der Waals surface area contributed by atoms with Crippen molar-refractivity contribution in [2.24, 2.45) is 0 Å². The van der Waals surface area contributed by atoms with E-state index >= 15 is 0 Å². The first-order valence-corrected chi connectivity index (χ1v) is 8.92. The molecule has 3 rings (SSSR count). The van der Waals surface area contributed by atoms with E-state index in [0.717, 1.165) is 13.1 Å². The number of hydrogen-bond acceptors (Lipinski definition) is 3. The van der Waals surface area contributed by atoms with E-state index in [1.165, 1.54) is 23.9 Å². The van der Waals surface area contributed by atoms with Crippen LogP contribution in [0.3, 0.4) is 0 Å². The van der Waals surface area contributed by atoms with Crippen LogP contribution in [0.25, 0.3) is 0 Å². The van der Waals surface area contributed by atoms with Crippen molar-refractivity contribution in [2.75, 3.05) is 44.2 Å². The van der Waals surface area contributed by atoms with Gasteiger partial charge in [0.15, 0.2) is 0 Å². The first kappa shape index (κ1) is 18.3. The van der Waals surface area contributed by atoms with Crippen LogP contribution in [0.4, 0.5) is 14.9 Å². The lowest BCUT2D eigenvalue weighted by molar-refractivity contribution is 0.191. The second-order valence-corrected chi connectivity index (χ2v) is 6.37. The molecule has 0 spiro atoms. The number of ether oxygens (including phenoxy) is 1. The quantitative estimate of drug-likeness (QED) is 0.812. The van der Waals surface area contributed by atoms with Crippen LogP contribution in [0.5, 0.6) is 5.75 Å². The number of halogens is 2. The molecule has 1 aliphatic rings. The summed E-state index contributed by atoms with van der Waals surface area (Å²) in [5.74, 6) is -0.0101. The van der Waals surface area contributed by atoms with Gasteiger partial charge in [-0.1, -0.05) is 29.8 Å². The number of amides is 2. The molecule has 1 saturated heterocycles. The number of piperazine rings is 1. The van der Waals surface area contributed by atoms with Crippen LogP contribution in [0.1, 0.15) is 0 Å². The monoisotopic (exact) mass is 377 g/mol. The lowest BCUT2D eigenvalue weighted by Gasteiger charge is -2.36. The molecule has 0 aliphatic carbocycles. The molecule has 1 aliphatic heterocycles. The van der Waals surface area contributed by atoms with Gasteiger partial charge in [0.1, 0.15) is 18.2 Å². The number of rotatable bonds is 5. The van der Waals surface area contributed by atoms with Crippen molar-refractivity contribution in [3.63, 3.8) is 0 Å². The van der Waals surface area contributed by atoms with Crippen molar-refractivity contribution in [3.05, 3.63) is 59.4 Å². The fourth-order valence-electron chi connectivity index (χ4n) is 2.83. The second kappa shape index (κ2) is 8.76. The minimum Gasteiger partial charge on any atom is -0.490 e. The lowest BCUT2D eigenvalue weighted by atomic mass is 10.2. The van der Waals surface area contributed by atoms with E-state index in [-0.39, 0.29) is 17.7 Å². The zero-order valence-corrected chi connectivity index (χ0v) is 15.1. The van der Waals surface area contributed by atoms with Crippen LogP contribution < -0.4 is 15.0 Å². The van der Waals surface area contributed by atoms with Gasteiger partial charge in [-0.3, -0.25) is 0 Å². The maximum absolute atomic E-state index is 13.0. The molecule has 0 atom stereocenters. The Labute approximate surface area is 157 Å². The average Bonchev–Trinajstić information content (AvgIpc) is 2.67. The molecule has 0 aromatic heterocycles. The average molecular weight is 378 g/mol. The van der Waals surface area contributed by atoms with E-state index in [4.69, 9.17) is 16.3 Å². The van der Waals surface area contributed by atoms with Crippen molar-refractivity contribution >= 4 is 23.3 Å². The van der Waals surface area contributed by atoms with E-state index in [1.54, 1.807) is 4.90 Å². The Hall–Kier alpha value is -2.47. The standard InChI is InChI=1S/C19H21ClFN3O2/c20-17-14-15(21)6-7-18(17)26-13-8-22-19(25)24-11-9-23(10-12-24)16-4-2-1-3-5-16/h1-7,14H,8-13H2,(H,22,25). The second-order valence-electron chi connectivity index (χ2n) is 5.96. The topological polar surface area (TPSA) is 44.8 Å². The zero-order chi connectivity index (χ0) is 18.4. The van der Waals surface area contributed by atoms with Crippen LogP contribution >= 0.6 is 11.6 Å². The molecule has 1 heterocycles. The summed E-state index contributed by atoms with van der Waals surface area (Å²) < 4.78 is 18.4. The number of benzene rings is 2. The Balaban J connectivity index is 1.38. The summed E-state index contributed by atoms with van der Waals surface area (Å²) in [4.78, 5) is 16.3. The largest absolute Gasteiger partial charge is 0.490 e. The highest BCUT2D eigenvalue weighted by atomic mass is 35.5. The van der Waals surface area contributed by atoms with Crippen molar-refractivity contribution in [1.82, 2.24) is 10.2 Å². The molecule has 0 unspecified atom stereocenters. The van der Waals surface area contributed by atoms with Crippen LogP contribution in [-0.4, -0.2) is 50.3 Å². The smallest absolute Gasteiger partial charge is 0.317 e. The summed E-state index contributed by atoms with van der Waals surface area (Å²) >= 11 is 5.89. The summed E-state index contributed by atoms with van der Waals surface area (Å²) in [7, 11) is 0. The number of nitrogens with one attached hydrogen (secondary N) is 1. The van der Waals surface area contributed by atoms with Crippen molar-refractivity contribution in [3.8, 4) is 5.75 Å². The SMILES string of the molecule is O=C(NCCOc1ccc(F)cc1Cl)N1CCN(c2ccccc2)CC1. The van der Waals surface area contributed by atoms with E-state index in [9.17, 15) is 9.18 Å². The fraction of sp³-hybridized carbons (Fsp3) is 0.316. The minimum absolute atomic E-state index is 0.105. The Morgan fingerprint density at radius 1 is 1.12 bits per heavy atom. The van der Waals surface area contributed by atoms with Gasteiger partial charge in [-0.05, 0) is 30.3 Å². The molecule has 0 radical (unpaired) electrons. The van der Waals surface area contributed by atoms with Gasteiger partial charge in [0, 0.05) is 31.9 Å². The van der Waals surface area contributed by atoms with Crippen molar-refractivity contribution in [2.45, 2.75) is 0 Å². The van der Waals surface area contributed by atoms with Crippen molar-refractivity contribution in [1.29, 1.82) is 0 Å². The van der Waals surface area contributed by atoms with Gasteiger partial charge in [-0.15, -0.1) is 0 Å². The highest BCUT2D eigenvalue weighted by Crippen LogP contribution is 2.24. The third kappa shape index (κ3) is 4.79. The molecular weight excluding hydrogens is 357 g/mol. The summed E-state index contributed by atoms with van der Waals surface area (Å²) in [5.41, 5.74) is 1.18. The van der Waals surface area contributed by atoms with Gasteiger partial charge >= 0.3 is 6.03 Å². The zero-order valence-electron chi connectivity index (χ0n) is 14.3. The number of hydrogen-bond donors (Lipinski definition) is 1. The lowest BCUT2D eigenvalue weighted by Crippen LogP contribution is -2.52. The fourth-order valence-corrected chi connectivity index (χ4v) is 3.05. The highest BCUT2D eigenvalue weighted by molar-refractivity contribution is 6.32. The molecule has 1 N–H and O–H groups in total. The third-order valence-electron chi connectivity index (χ3n) is 4.22. The number of urea groups is 1. The minimum atomic E-state index is -0.412. The predicted octanol–water partition coefficient (Wildman–Crippen LogP) is 3.39. The van der Waals surface area contributed by atoms with E-state index in [2.05, 4.69) is 22.3 Å². The summed E-state index contributed by atoms with van der Waals surface area (Å²) in [6, 6.07) is 14.0.